The fourth-order valence-corrected chi connectivity index (χ4v) is 3.97. The van der Waals surface area contributed by atoms with Crippen LogP contribution in [-0.4, -0.2) is 42.0 Å². The Morgan fingerprint density at radius 3 is 2.30 bits per heavy atom. The summed E-state index contributed by atoms with van der Waals surface area (Å²) in [6, 6.07) is 12.2. The van der Waals surface area contributed by atoms with Gasteiger partial charge in [-0.1, -0.05) is 0 Å². The summed E-state index contributed by atoms with van der Waals surface area (Å²) in [5, 5.41) is 3.87. The van der Waals surface area contributed by atoms with Gasteiger partial charge in [0.15, 0.2) is 0 Å². The number of methoxy groups -OCH3 is 2. The first kappa shape index (κ1) is 19.8. The SMILES string of the molecule is COc1ccc(NC(=O)C(c2c(C)n(C)c3ccc(OC)cc23)N2CCC2=O)cc1. The number of likely N-dealkylation sites (tertiary alicyclic amines) is 1. The Morgan fingerprint density at radius 2 is 1.73 bits per heavy atom. The molecule has 7 heteroatoms. The number of anilines is 1. The molecule has 0 spiro atoms. The van der Waals surface area contributed by atoms with Gasteiger partial charge in [-0.2, -0.15) is 0 Å². The minimum absolute atomic E-state index is 0.0239. The van der Waals surface area contributed by atoms with E-state index >= 15 is 0 Å². The molecule has 2 amide bonds. The number of β-lactam (4-membered cyclic amide) rings is 1. The van der Waals surface area contributed by atoms with Gasteiger partial charge in [0.05, 0.1) is 14.2 Å². The second-order valence-electron chi connectivity index (χ2n) is 7.40. The van der Waals surface area contributed by atoms with Gasteiger partial charge in [0.25, 0.3) is 5.91 Å². The van der Waals surface area contributed by atoms with E-state index in [2.05, 4.69) is 5.32 Å². The summed E-state index contributed by atoms with van der Waals surface area (Å²) >= 11 is 0. The molecule has 2 heterocycles. The van der Waals surface area contributed by atoms with Gasteiger partial charge in [-0.05, 0) is 49.4 Å². The van der Waals surface area contributed by atoms with Gasteiger partial charge in [0, 0.05) is 47.9 Å². The molecule has 7 nitrogen and oxygen atoms in total. The highest BCUT2D eigenvalue weighted by Crippen LogP contribution is 2.38. The van der Waals surface area contributed by atoms with E-state index in [1.54, 1.807) is 43.4 Å². The maximum absolute atomic E-state index is 13.4. The third kappa shape index (κ3) is 3.26. The molecule has 1 fully saturated rings. The van der Waals surface area contributed by atoms with E-state index in [0.717, 1.165) is 22.2 Å². The third-order valence-electron chi connectivity index (χ3n) is 5.83. The highest BCUT2D eigenvalue weighted by molar-refractivity contribution is 6.02. The van der Waals surface area contributed by atoms with Crippen LogP contribution in [0.4, 0.5) is 5.69 Å². The largest absolute Gasteiger partial charge is 0.497 e. The van der Waals surface area contributed by atoms with Gasteiger partial charge in [0.1, 0.15) is 17.5 Å². The van der Waals surface area contributed by atoms with E-state index in [9.17, 15) is 9.59 Å². The van der Waals surface area contributed by atoms with E-state index < -0.39 is 6.04 Å². The van der Waals surface area contributed by atoms with E-state index in [1.807, 2.05) is 36.7 Å². The number of hydrogen-bond acceptors (Lipinski definition) is 4. The van der Waals surface area contributed by atoms with Crippen molar-refractivity contribution in [1.29, 1.82) is 0 Å². The number of benzene rings is 2. The number of nitrogens with one attached hydrogen (secondary N) is 1. The van der Waals surface area contributed by atoms with Gasteiger partial charge in [-0.3, -0.25) is 9.59 Å². The van der Waals surface area contributed by atoms with Crippen LogP contribution in [0.25, 0.3) is 10.9 Å². The smallest absolute Gasteiger partial charge is 0.251 e. The van der Waals surface area contributed by atoms with Crippen LogP contribution in [-0.2, 0) is 16.6 Å². The number of carbonyl (C=O) groups excluding carboxylic acids is 2. The summed E-state index contributed by atoms with van der Waals surface area (Å²) in [6.45, 7) is 2.53. The molecular formula is C23H25N3O4. The molecule has 0 aliphatic carbocycles. The van der Waals surface area contributed by atoms with Crippen LogP contribution in [0.5, 0.6) is 11.5 Å². The monoisotopic (exact) mass is 407 g/mol. The molecule has 1 atom stereocenters. The van der Waals surface area contributed by atoms with Crippen molar-refractivity contribution in [3.63, 3.8) is 0 Å². The first-order chi connectivity index (χ1) is 14.4. The molecule has 1 aliphatic rings. The third-order valence-corrected chi connectivity index (χ3v) is 5.83. The van der Waals surface area contributed by atoms with Crippen LogP contribution >= 0.6 is 0 Å². The van der Waals surface area contributed by atoms with Gasteiger partial charge in [0.2, 0.25) is 5.91 Å². The Morgan fingerprint density at radius 1 is 1.07 bits per heavy atom. The number of amides is 2. The minimum atomic E-state index is -0.718. The van der Waals surface area contributed by atoms with Crippen LogP contribution in [0.15, 0.2) is 42.5 Å². The van der Waals surface area contributed by atoms with Crippen molar-refractivity contribution in [2.75, 3.05) is 26.1 Å². The molecule has 0 radical (unpaired) electrons. The van der Waals surface area contributed by atoms with Crippen LogP contribution in [0, 0.1) is 6.92 Å². The number of ether oxygens (including phenoxy) is 2. The molecular weight excluding hydrogens is 382 g/mol. The lowest BCUT2D eigenvalue weighted by atomic mass is 9.97. The summed E-state index contributed by atoms with van der Waals surface area (Å²) < 4.78 is 12.6. The predicted octanol–water partition coefficient (Wildman–Crippen LogP) is 3.42. The fourth-order valence-electron chi connectivity index (χ4n) is 3.97. The zero-order chi connectivity index (χ0) is 21.4. The Labute approximate surface area is 175 Å². The van der Waals surface area contributed by atoms with Crippen LogP contribution in [0.1, 0.15) is 23.7 Å². The number of hydrogen-bond donors (Lipinski definition) is 1. The lowest BCUT2D eigenvalue weighted by molar-refractivity contribution is -0.147. The first-order valence-electron chi connectivity index (χ1n) is 9.82. The molecule has 4 rings (SSSR count). The first-order valence-corrected chi connectivity index (χ1v) is 9.82. The predicted molar refractivity (Wildman–Crippen MR) is 115 cm³/mol. The van der Waals surface area contributed by atoms with Crippen molar-refractivity contribution >= 4 is 28.4 Å². The summed E-state index contributed by atoms with van der Waals surface area (Å²) in [5.41, 5.74) is 3.39. The molecule has 0 saturated carbocycles. The van der Waals surface area contributed by atoms with Crippen molar-refractivity contribution in [1.82, 2.24) is 9.47 Å². The minimum Gasteiger partial charge on any atom is -0.497 e. The highest BCUT2D eigenvalue weighted by atomic mass is 16.5. The van der Waals surface area contributed by atoms with Crippen LogP contribution in [0.3, 0.4) is 0 Å². The summed E-state index contributed by atoms with van der Waals surface area (Å²) in [6.07, 6.45) is 0.458. The van der Waals surface area contributed by atoms with Gasteiger partial charge >= 0.3 is 0 Å². The van der Waals surface area contributed by atoms with E-state index in [-0.39, 0.29) is 11.8 Å². The van der Waals surface area contributed by atoms with Crippen molar-refractivity contribution in [2.45, 2.75) is 19.4 Å². The molecule has 1 aromatic heterocycles. The Balaban J connectivity index is 1.78. The molecule has 156 valence electrons. The molecule has 2 aromatic carbocycles. The van der Waals surface area contributed by atoms with Crippen molar-refractivity contribution in [2.24, 2.45) is 7.05 Å². The quantitative estimate of drug-likeness (QED) is 0.636. The molecule has 1 aliphatic heterocycles. The summed E-state index contributed by atoms with van der Waals surface area (Å²) in [4.78, 5) is 27.4. The van der Waals surface area contributed by atoms with Gasteiger partial charge in [-0.15, -0.1) is 0 Å². The number of carbonyl (C=O) groups is 2. The number of aromatic nitrogens is 1. The Kier molecular flexibility index (Phi) is 5.11. The number of aryl methyl sites for hydroxylation is 1. The average Bonchev–Trinajstić information content (AvgIpc) is 3.00. The molecule has 1 saturated heterocycles. The average molecular weight is 407 g/mol. The Bertz CT molecular complexity index is 1120. The Hall–Kier alpha value is -3.48. The summed E-state index contributed by atoms with van der Waals surface area (Å²) in [7, 11) is 5.17. The normalized spacial score (nSPS) is 14.4. The molecule has 1 N–H and O–H groups in total. The van der Waals surface area contributed by atoms with Gasteiger partial charge in [-0.25, -0.2) is 0 Å². The second-order valence-corrected chi connectivity index (χ2v) is 7.40. The number of nitrogens with zero attached hydrogens (tertiary/aromatic N) is 2. The molecule has 30 heavy (non-hydrogen) atoms. The van der Waals surface area contributed by atoms with E-state index in [0.29, 0.717) is 30.2 Å². The van der Waals surface area contributed by atoms with E-state index in [1.165, 1.54) is 0 Å². The maximum Gasteiger partial charge on any atom is 0.251 e. The summed E-state index contributed by atoms with van der Waals surface area (Å²) in [5.74, 6) is 1.15. The van der Waals surface area contributed by atoms with Crippen LogP contribution in [0.2, 0.25) is 0 Å². The van der Waals surface area contributed by atoms with Crippen molar-refractivity contribution in [3.05, 3.63) is 53.7 Å². The van der Waals surface area contributed by atoms with E-state index in [4.69, 9.17) is 9.47 Å². The number of fused-ring (bicyclic) bond motifs is 1. The molecule has 0 bridgehead atoms. The van der Waals surface area contributed by atoms with Crippen molar-refractivity contribution < 1.29 is 19.1 Å². The van der Waals surface area contributed by atoms with Gasteiger partial charge < -0.3 is 24.3 Å². The lowest BCUT2D eigenvalue weighted by Crippen LogP contribution is -2.49. The standard InChI is InChI=1S/C23H25N3O4/c1-14-21(18-13-17(30-4)9-10-19(18)25(14)2)22(26-12-11-20(26)27)23(28)24-15-5-7-16(29-3)8-6-15/h5-10,13,22H,11-12H2,1-4H3,(H,24,28). The zero-order valence-electron chi connectivity index (χ0n) is 17.6. The maximum atomic E-state index is 13.4. The van der Waals surface area contributed by atoms with Crippen LogP contribution < -0.4 is 14.8 Å². The highest BCUT2D eigenvalue weighted by Gasteiger charge is 2.39. The zero-order valence-corrected chi connectivity index (χ0v) is 17.6. The fraction of sp³-hybridized carbons (Fsp3) is 0.304. The molecule has 1 unspecified atom stereocenters. The second kappa shape index (κ2) is 7.74. The topological polar surface area (TPSA) is 72.8 Å². The molecule has 3 aromatic rings. The number of rotatable bonds is 6. The lowest BCUT2D eigenvalue weighted by Gasteiger charge is -2.37. The van der Waals surface area contributed by atoms with Crippen molar-refractivity contribution in [3.8, 4) is 11.5 Å².